The van der Waals surface area contributed by atoms with Crippen LogP contribution in [0.5, 0.6) is 0 Å². The quantitative estimate of drug-likeness (QED) is 0.864. The normalized spacial score (nSPS) is 12.0. The van der Waals surface area contributed by atoms with Gasteiger partial charge in [-0.25, -0.2) is 9.07 Å². The van der Waals surface area contributed by atoms with Crippen LogP contribution in [0.1, 0.15) is 17.7 Å². The molecule has 0 radical (unpaired) electrons. The minimum atomic E-state index is -4.62. The summed E-state index contributed by atoms with van der Waals surface area (Å²) in [6, 6.07) is 2.13. The highest BCUT2D eigenvalue weighted by Gasteiger charge is 2.31. The van der Waals surface area contributed by atoms with Crippen molar-refractivity contribution in [2.75, 3.05) is 5.32 Å². The maximum absolute atomic E-state index is 13.5. The Hall–Kier alpha value is -2.19. The van der Waals surface area contributed by atoms with Gasteiger partial charge in [0.1, 0.15) is 5.82 Å². The van der Waals surface area contributed by atoms with Gasteiger partial charge in [0.05, 0.1) is 23.6 Å². The molecule has 0 spiro atoms. The molecule has 21 heavy (non-hydrogen) atoms. The van der Waals surface area contributed by atoms with E-state index in [0.717, 1.165) is 24.5 Å². The number of hydrogen-bond acceptors (Lipinski definition) is 2. The number of anilines is 1. The molecule has 114 valence electrons. The van der Waals surface area contributed by atoms with Gasteiger partial charge in [-0.3, -0.25) is 0 Å². The lowest BCUT2D eigenvalue weighted by Crippen LogP contribution is -2.08. The molecule has 0 aliphatic heterocycles. The summed E-state index contributed by atoms with van der Waals surface area (Å²) in [4.78, 5) is 0. The largest absolute Gasteiger partial charge is 0.416 e. The fourth-order valence-corrected chi connectivity index (χ4v) is 1.60. The van der Waals surface area contributed by atoms with Gasteiger partial charge in [-0.1, -0.05) is 6.07 Å². The summed E-state index contributed by atoms with van der Waals surface area (Å²) in [7, 11) is 0. The molecule has 0 unspecified atom stereocenters. The topological polar surface area (TPSA) is 29.9 Å². The van der Waals surface area contributed by atoms with E-state index >= 15 is 0 Å². The fraction of sp³-hybridized carbons (Fsp3) is 0.250. The second-order valence-electron chi connectivity index (χ2n) is 4.14. The molecule has 0 aliphatic carbocycles. The number of rotatable bonds is 4. The zero-order chi connectivity index (χ0) is 15.6. The molecule has 1 N–H and O–H groups in total. The second kappa shape index (κ2) is 5.66. The van der Waals surface area contributed by atoms with Gasteiger partial charge in [0.2, 0.25) is 0 Å². The Labute approximate surface area is 115 Å². The van der Waals surface area contributed by atoms with Crippen LogP contribution in [0.25, 0.3) is 0 Å². The van der Waals surface area contributed by atoms with E-state index in [-0.39, 0.29) is 17.8 Å². The van der Waals surface area contributed by atoms with Crippen LogP contribution in [-0.2, 0) is 12.7 Å². The van der Waals surface area contributed by atoms with E-state index < -0.39 is 24.1 Å². The van der Waals surface area contributed by atoms with Gasteiger partial charge >= 0.3 is 12.7 Å². The van der Waals surface area contributed by atoms with E-state index in [9.17, 15) is 26.3 Å². The van der Waals surface area contributed by atoms with E-state index in [0.29, 0.717) is 10.7 Å². The molecule has 1 heterocycles. The summed E-state index contributed by atoms with van der Waals surface area (Å²) in [5.74, 6) is -1.03. The second-order valence-corrected chi connectivity index (χ2v) is 4.14. The Morgan fingerprint density at radius 1 is 1.24 bits per heavy atom. The van der Waals surface area contributed by atoms with Gasteiger partial charge in [-0.05, 0) is 12.1 Å². The summed E-state index contributed by atoms with van der Waals surface area (Å²) in [5.41, 5.74) is -0.906. The molecular formula is C12H9F6N3. The molecule has 0 saturated carbocycles. The van der Waals surface area contributed by atoms with E-state index in [1.807, 2.05) is 0 Å². The van der Waals surface area contributed by atoms with Crippen molar-refractivity contribution >= 4 is 5.69 Å². The van der Waals surface area contributed by atoms with Crippen molar-refractivity contribution in [3.63, 3.8) is 0 Å². The van der Waals surface area contributed by atoms with Crippen LogP contribution >= 0.6 is 0 Å². The lowest BCUT2D eigenvalue weighted by molar-refractivity contribution is -0.137. The van der Waals surface area contributed by atoms with Crippen molar-refractivity contribution < 1.29 is 26.3 Å². The predicted octanol–water partition coefficient (Wildman–Crippen LogP) is 4.05. The van der Waals surface area contributed by atoms with Crippen LogP contribution in [-0.4, -0.2) is 9.78 Å². The van der Waals surface area contributed by atoms with E-state index in [1.165, 1.54) is 0 Å². The minimum absolute atomic E-state index is 0.0206. The summed E-state index contributed by atoms with van der Waals surface area (Å²) < 4.78 is 75.6. The molecule has 3 nitrogen and oxygen atoms in total. The molecule has 0 atom stereocenters. The highest BCUT2D eigenvalue weighted by atomic mass is 19.4. The maximum atomic E-state index is 13.5. The molecule has 0 fully saturated rings. The average Bonchev–Trinajstić information content (AvgIpc) is 2.85. The Balaban J connectivity index is 2.06. The first-order valence-electron chi connectivity index (χ1n) is 5.69. The monoisotopic (exact) mass is 309 g/mol. The van der Waals surface area contributed by atoms with Gasteiger partial charge < -0.3 is 5.32 Å². The van der Waals surface area contributed by atoms with Gasteiger partial charge in [-0.2, -0.15) is 27.1 Å². The minimum Gasteiger partial charge on any atom is -0.378 e. The van der Waals surface area contributed by atoms with Crippen molar-refractivity contribution in [2.24, 2.45) is 0 Å². The summed E-state index contributed by atoms with van der Waals surface area (Å²) in [5, 5.41) is 5.96. The zero-order valence-electron chi connectivity index (χ0n) is 10.3. The number of halogens is 6. The molecule has 0 aliphatic rings. The Bertz CT molecular complexity index is 620. The molecule has 1 aromatic carbocycles. The third-order valence-electron chi connectivity index (χ3n) is 2.66. The van der Waals surface area contributed by atoms with Crippen LogP contribution in [0.15, 0.2) is 30.6 Å². The van der Waals surface area contributed by atoms with Crippen molar-refractivity contribution in [3.05, 3.63) is 47.5 Å². The maximum Gasteiger partial charge on any atom is 0.416 e. The molecular weight excluding hydrogens is 300 g/mol. The van der Waals surface area contributed by atoms with Gasteiger partial charge in [0, 0.05) is 12.1 Å². The van der Waals surface area contributed by atoms with Crippen LogP contribution in [0.3, 0.4) is 0 Å². The smallest absolute Gasteiger partial charge is 0.378 e. The summed E-state index contributed by atoms with van der Waals surface area (Å²) in [6.45, 7) is -2.96. The number of nitrogens with zero attached hydrogens (tertiary/aromatic N) is 2. The van der Waals surface area contributed by atoms with Gasteiger partial charge in [0.15, 0.2) is 0 Å². The number of alkyl halides is 5. The first-order valence-corrected chi connectivity index (χ1v) is 5.69. The van der Waals surface area contributed by atoms with E-state index in [1.54, 1.807) is 0 Å². The first kappa shape index (κ1) is 15.2. The van der Waals surface area contributed by atoms with Gasteiger partial charge in [0.25, 0.3) is 0 Å². The standard InChI is InChI=1S/C12H9F6N3/c13-10-3-8(12(16,17)18)2-1-7(10)4-19-9-5-20-21(6-9)11(14)15/h1-3,5-6,11,19H,4H2. The highest BCUT2D eigenvalue weighted by molar-refractivity contribution is 5.39. The Morgan fingerprint density at radius 2 is 1.95 bits per heavy atom. The molecule has 0 amide bonds. The summed E-state index contributed by atoms with van der Waals surface area (Å²) in [6.07, 6.45) is -2.51. The number of nitrogens with one attached hydrogen (secondary N) is 1. The Morgan fingerprint density at radius 3 is 2.48 bits per heavy atom. The van der Waals surface area contributed by atoms with Crippen LogP contribution in [0, 0.1) is 5.82 Å². The molecule has 2 rings (SSSR count). The average molecular weight is 309 g/mol. The third-order valence-corrected chi connectivity index (χ3v) is 2.66. The molecule has 2 aromatic rings. The van der Waals surface area contributed by atoms with Crippen molar-refractivity contribution in [1.29, 1.82) is 0 Å². The van der Waals surface area contributed by atoms with Crippen LogP contribution in [0.4, 0.5) is 32.0 Å². The number of hydrogen-bond donors (Lipinski definition) is 1. The van der Waals surface area contributed by atoms with Gasteiger partial charge in [-0.15, -0.1) is 0 Å². The van der Waals surface area contributed by atoms with E-state index in [4.69, 9.17) is 0 Å². The highest BCUT2D eigenvalue weighted by Crippen LogP contribution is 2.30. The SMILES string of the molecule is Fc1cc(C(F)(F)F)ccc1CNc1cnn(C(F)F)c1. The molecule has 0 saturated heterocycles. The molecule has 9 heteroatoms. The lowest BCUT2D eigenvalue weighted by atomic mass is 10.1. The fourth-order valence-electron chi connectivity index (χ4n) is 1.60. The summed E-state index contributed by atoms with van der Waals surface area (Å²) >= 11 is 0. The number of benzene rings is 1. The predicted molar refractivity (Wildman–Crippen MR) is 62.2 cm³/mol. The van der Waals surface area contributed by atoms with E-state index in [2.05, 4.69) is 10.4 Å². The van der Waals surface area contributed by atoms with Crippen molar-refractivity contribution in [3.8, 4) is 0 Å². The first-order chi connectivity index (χ1) is 9.77. The zero-order valence-corrected chi connectivity index (χ0v) is 10.3. The van der Waals surface area contributed by atoms with Crippen molar-refractivity contribution in [1.82, 2.24) is 9.78 Å². The third kappa shape index (κ3) is 3.67. The molecule has 1 aromatic heterocycles. The van der Waals surface area contributed by atoms with Crippen LogP contribution in [0.2, 0.25) is 0 Å². The molecule has 0 bridgehead atoms. The van der Waals surface area contributed by atoms with Crippen molar-refractivity contribution in [2.45, 2.75) is 19.3 Å². The van der Waals surface area contributed by atoms with Crippen LogP contribution < -0.4 is 5.32 Å². The Kier molecular flexibility index (Phi) is 4.10. The lowest BCUT2D eigenvalue weighted by Gasteiger charge is -2.09. The number of aromatic nitrogens is 2.